The van der Waals surface area contributed by atoms with Gasteiger partial charge in [-0.25, -0.2) is 4.98 Å². The van der Waals surface area contributed by atoms with Gasteiger partial charge in [0.2, 0.25) is 0 Å². The van der Waals surface area contributed by atoms with Gasteiger partial charge < -0.3 is 5.11 Å². The summed E-state index contributed by atoms with van der Waals surface area (Å²) in [5, 5.41) is 10.3. The molecule has 0 aliphatic carbocycles. The first kappa shape index (κ1) is 13.0. The Morgan fingerprint density at radius 1 is 1.35 bits per heavy atom. The van der Waals surface area contributed by atoms with Crippen molar-refractivity contribution < 1.29 is 5.11 Å². The summed E-state index contributed by atoms with van der Waals surface area (Å²) in [5.74, 6) is 0.337. The Balaban J connectivity index is 2.34. The van der Waals surface area contributed by atoms with E-state index >= 15 is 0 Å². The van der Waals surface area contributed by atoms with E-state index in [4.69, 9.17) is 0 Å². The molecule has 0 fully saturated rings. The average molecular weight is 314 g/mol. The van der Waals surface area contributed by atoms with Gasteiger partial charge in [0.15, 0.2) is 3.92 Å². The minimum atomic E-state index is -0.365. The third-order valence-electron chi connectivity index (χ3n) is 3.22. The molecule has 0 radical (unpaired) electrons. The van der Waals surface area contributed by atoms with E-state index in [1.54, 1.807) is 11.3 Å². The van der Waals surface area contributed by atoms with Gasteiger partial charge in [-0.05, 0) is 39.5 Å². The zero-order valence-electron chi connectivity index (χ0n) is 9.98. The zero-order valence-corrected chi connectivity index (χ0v) is 12.4. The van der Waals surface area contributed by atoms with E-state index in [0.717, 1.165) is 32.5 Å². The van der Waals surface area contributed by atoms with Crippen LogP contribution in [0.5, 0.6) is 0 Å². The van der Waals surface area contributed by atoms with Gasteiger partial charge in [-0.1, -0.05) is 32.8 Å². The van der Waals surface area contributed by atoms with Gasteiger partial charge in [-0.3, -0.25) is 0 Å². The van der Waals surface area contributed by atoms with Crippen molar-refractivity contribution >= 4 is 37.5 Å². The highest BCUT2D eigenvalue weighted by Gasteiger charge is 2.18. The first-order valence-corrected chi connectivity index (χ1v) is 7.50. The molecular formula is C13H16BrNOS. The number of aliphatic hydroxyl groups excluding tert-OH is 1. The van der Waals surface area contributed by atoms with Crippen molar-refractivity contribution in [1.29, 1.82) is 0 Å². The lowest BCUT2D eigenvalue weighted by Gasteiger charge is -2.20. The largest absolute Gasteiger partial charge is 0.388 e. The molecule has 1 heterocycles. The van der Waals surface area contributed by atoms with Crippen LogP contribution in [0.15, 0.2) is 22.1 Å². The van der Waals surface area contributed by atoms with Gasteiger partial charge in [0.05, 0.1) is 16.3 Å². The first-order valence-electron chi connectivity index (χ1n) is 5.89. The topological polar surface area (TPSA) is 33.1 Å². The summed E-state index contributed by atoms with van der Waals surface area (Å²) < 4.78 is 2.01. The van der Waals surface area contributed by atoms with Crippen molar-refractivity contribution in [3.63, 3.8) is 0 Å². The zero-order chi connectivity index (χ0) is 12.4. The number of halogens is 1. The molecule has 1 atom stereocenters. The molecule has 0 aliphatic heterocycles. The number of hydrogen-bond donors (Lipinski definition) is 1. The molecule has 2 nitrogen and oxygen atoms in total. The van der Waals surface area contributed by atoms with Gasteiger partial charge >= 0.3 is 0 Å². The highest BCUT2D eigenvalue weighted by Crippen LogP contribution is 2.32. The molecule has 0 amide bonds. The quantitative estimate of drug-likeness (QED) is 0.899. The van der Waals surface area contributed by atoms with E-state index < -0.39 is 0 Å². The second-order valence-corrected chi connectivity index (χ2v) is 6.52. The first-order chi connectivity index (χ1) is 8.15. The summed E-state index contributed by atoms with van der Waals surface area (Å²) in [4.78, 5) is 4.35. The molecule has 1 unspecified atom stereocenters. The second kappa shape index (κ2) is 5.46. The summed E-state index contributed by atoms with van der Waals surface area (Å²) in [6.45, 7) is 4.25. The average Bonchev–Trinajstić information content (AvgIpc) is 2.69. The van der Waals surface area contributed by atoms with Gasteiger partial charge in [0, 0.05) is 0 Å². The lowest BCUT2D eigenvalue weighted by atomic mass is 9.91. The minimum Gasteiger partial charge on any atom is -0.388 e. The number of hydrogen-bond acceptors (Lipinski definition) is 3. The van der Waals surface area contributed by atoms with Gasteiger partial charge in [-0.2, -0.15) is 0 Å². The van der Waals surface area contributed by atoms with Crippen molar-refractivity contribution in [1.82, 2.24) is 4.98 Å². The van der Waals surface area contributed by atoms with Crippen molar-refractivity contribution in [3.05, 3.63) is 27.7 Å². The molecule has 4 heteroatoms. The fraction of sp³-hybridized carbons (Fsp3) is 0.462. The molecule has 0 saturated heterocycles. The van der Waals surface area contributed by atoms with Crippen LogP contribution in [-0.2, 0) is 0 Å². The van der Waals surface area contributed by atoms with Crippen molar-refractivity contribution in [2.45, 2.75) is 32.8 Å². The van der Waals surface area contributed by atoms with Gasteiger partial charge in [0.25, 0.3) is 0 Å². The number of rotatable bonds is 4. The van der Waals surface area contributed by atoms with Crippen LogP contribution in [0.4, 0.5) is 0 Å². The summed E-state index contributed by atoms with van der Waals surface area (Å²) >= 11 is 4.99. The Morgan fingerprint density at radius 3 is 2.71 bits per heavy atom. The number of aromatic nitrogens is 1. The highest BCUT2D eigenvalue weighted by atomic mass is 79.9. The van der Waals surface area contributed by atoms with Crippen LogP contribution >= 0.6 is 27.3 Å². The van der Waals surface area contributed by atoms with E-state index in [9.17, 15) is 5.11 Å². The normalized spacial score (nSPS) is 13.5. The fourth-order valence-corrected chi connectivity index (χ4v) is 3.56. The maximum atomic E-state index is 10.3. The molecule has 1 aromatic heterocycles. The standard InChI is InChI=1S/C13H16BrNOS/c1-3-8(4-2)12(16)9-5-6-10-11(7-9)17-13(14)15-10/h5-8,12,16H,3-4H2,1-2H3. The Labute approximate surface area is 114 Å². The Hall–Kier alpha value is -0.450. The Bertz CT molecular complexity index is 507. The monoisotopic (exact) mass is 313 g/mol. The predicted octanol–water partition coefficient (Wildman–Crippen LogP) is 4.53. The summed E-state index contributed by atoms with van der Waals surface area (Å²) in [6, 6.07) is 6.02. The lowest BCUT2D eigenvalue weighted by Crippen LogP contribution is -2.10. The Kier molecular flexibility index (Phi) is 4.17. The van der Waals surface area contributed by atoms with Crippen molar-refractivity contribution in [3.8, 4) is 0 Å². The number of fused-ring (bicyclic) bond motifs is 1. The van der Waals surface area contributed by atoms with Crippen LogP contribution in [0.1, 0.15) is 38.4 Å². The molecule has 1 N–H and O–H groups in total. The van der Waals surface area contributed by atoms with E-state index in [1.165, 1.54) is 0 Å². The van der Waals surface area contributed by atoms with E-state index in [1.807, 2.05) is 12.1 Å². The van der Waals surface area contributed by atoms with Crippen LogP contribution in [0, 0.1) is 5.92 Å². The van der Waals surface area contributed by atoms with E-state index in [2.05, 4.69) is 40.8 Å². The van der Waals surface area contributed by atoms with Crippen molar-refractivity contribution in [2.24, 2.45) is 5.92 Å². The van der Waals surface area contributed by atoms with Gasteiger partial charge in [-0.15, -0.1) is 11.3 Å². The SMILES string of the molecule is CCC(CC)C(O)c1ccc2nc(Br)sc2c1. The molecule has 0 saturated carbocycles. The van der Waals surface area contributed by atoms with Crippen LogP contribution < -0.4 is 0 Å². The third kappa shape index (κ3) is 2.69. The Morgan fingerprint density at radius 2 is 2.06 bits per heavy atom. The minimum absolute atomic E-state index is 0.337. The smallest absolute Gasteiger partial charge is 0.160 e. The van der Waals surface area contributed by atoms with Crippen LogP contribution in [0.2, 0.25) is 0 Å². The number of benzene rings is 1. The summed E-state index contributed by atoms with van der Waals surface area (Å²) in [5.41, 5.74) is 1.99. The molecule has 17 heavy (non-hydrogen) atoms. The molecule has 1 aromatic carbocycles. The van der Waals surface area contributed by atoms with Crippen LogP contribution in [0.3, 0.4) is 0 Å². The molecule has 0 spiro atoms. The second-order valence-electron chi connectivity index (χ2n) is 4.22. The summed E-state index contributed by atoms with van der Waals surface area (Å²) in [7, 11) is 0. The molecular weight excluding hydrogens is 298 g/mol. The van der Waals surface area contributed by atoms with Crippen molar-refractivity contribution in [2.75, 3.05) is 0 Å². The third-order valence-corrected chi connectivity index (χ3v) is 4.69. The maximum Gasteiger partial charge on any atom is 0.160 e. The van der Waals surface area contributed by atoms with Gasteiger partial charge in [0.1, 0.15) is 0 Å². The molecule has 2 rings (SSSR count). The molecule has 0 bridgehead atoms. The molecule has 92 valence electrons. The highest BCUT2D eigenvalue weighted by molar-refractivity contribution is 9.11. The predicted molar refractivity (Wildman–Crippen MR) is 76.4 cm³/mol. The van der Waals surface area contributed by atoms with E-state index in [0.29, 0.717) is 5.92 Å². The summed E-state index contributed by atoms with van der Waals surface area (Å²) in [6.07, 6.45) is 1.64. The maximum absolute atomic E-state index is 10.3. The number of aliphatic hydroxyl groups is 1. The lowest BCUT2D eigenvalue weighted by molar-refractivity contribution is 0.103. The number of thiazole rings is 1. The van der Waals surface area contributed by atoms with Crippen LogP contribution in [0.25, 0.3) is 10.2 Å². The van der Waals surface area contributed by atoms with Crippen LogP contribution in [-0.4, -0.2) is 10.1 Å². The fourth-order valence-electron chi connectivity index (χ4n) is 2.10. The molecule has 0 aliphatic rings. The number of nitrogens with zero attached hydrogens (tertiary/aromatic N) is 1. The molecule has 2 aromatic rings. The van der Waals surface area contributed by atoms with E-state index in [-0.39, 0.29) is 6.10 Å².